The largest absolute Gasteiger partial charge is 0.412 e. The lowest BCUT2D eigenvalue weighted by atomic mass is 9.97. The Labute approximate surface area is 224 Å². The SMILES string of the molecule is O=C(NCc1ccc(C=CC(c2cc(Cl)c(Cl)c(Cl)c2)C(F)(F)F)cc1Cl)Oc1ccccc1Cl. The first-order chi connectivity index (χ1) is 16.5. The molecule has 0 spiro atoms. The van der Waals surface area contributed by atoms with E-state index in [0.717, 1.165) is 18.2 Å². The van der Waals surface area contributed by atoms with Crippen molar-refractivity contribution >= 4 is 70.2 Å². The maximum absolute atomic E-state index is 13.7. The van der Waals surface area contributed by atoms with E-state index >= 15 is 0 Å². The van der Waals surface area contributed by atoms with E-state index in [1.165, 1.54) is 18.2 Å². The number of amides is 1. The predicted octanol–water partition coefficient (Wildman–Crippen LogP) is 9.60. The zero-order valence-corrected chi connectivity index (χ0v) is 21.3. The van der Waals surface area contributed by atoms with Gasteiger partial charge in [-0.05, 0) is 47.0 Å². The van der Waals surface area contributed by atoms with Crippen LogP contribution in [0.5, 0.6) is 5.75 Å². The van der Waals surface area contributed by atoms with Gasteiger partial charge in [-0.2, -0.15) is 13.2 Å². The fourth-order valence-corrected chi connectivity index (χ4v) is 4.06. The highest BCUT2D eigenvalue weighted by Crippen LogP contribution is 2.41. The molecule has 3 aromatic carbocycles. The molecule has 0 saturated heterocycles. The first-order valence-corrected chi connectivity index (χ1v) is 11.7. The van der Waals surface area contributed by atoms with Gasteiger partial charge in [0.1, 0.15) is 0 Å². The van der Waals surface area contributed by atoms with Crippen LogP contribution in [0.15, 0.2) is 60.7 Å². The number of alkyl halides is 3. The molecule has 3 rings (SSSR count). The zero-order chi connectivity index (χ0) is 25.8. The molecule has 0 aromatic heterocycles. The van der Waals surface area contributed by atoms with E-state index in [-0.39, 0.29) is 43.0 Å². The molecule has 0 aliphatic rings. The fourth-order valence-electron chi connectivity index (χ4n) is 3.01. The molecule has 1 amide bonds. The van der Waals surface area contributed by atoms with Crippen molar-refractivity contribution in [1.29, 1.82) is 0 Å². The quantitative estimate of drug-likeness (QED) is 0.294. The average Bonchev–Trinajstić information content (AvgIpc) is 2.77. The van der Waals surface area contributed by atoms with Gasteiger partial charge in [-0.3, -0.25) is 0 Å². The van der Waals surface area contributed by atoms with E-state index < -0.39 is 18.2 Å². The Morgan fingerprint density at radius 3 is 2.17 bits per heavy atom. The normalized spacial score (nSPS) is 12.6. The third-order valence-electron chi connectivity index (χ3n) is 4.74. The van der Waals surface area contributed by atoms with E-state index in [1.807, 2.05) is 0 Å². The van der Waals surface area contributed by atoms with Gasteiger partial charge in [0.2, 0.25) is 0 Å². The Hall–Kier alpha value is -2.09. The first-order valence-electron chi connectivity index (χ1n) is 9.83. The number of para-hydroxylation sites is 1. The number of nitrogens with one attached hydrogen (secondary N) is 1. The number of hydrogen-bond acceptors (Lipinski definition) is 2. The molecule has 0 heterocycles. The van der Waals surface area contributed by atoms with Gasteiger partial charge in [0.05, 0.1) is 26.0 Å². The van der Waals surface area contributed by atoms with Crippen LogP contribution in [0.3, 0.4) is 0 Å². The maximum atomic E-state index is 13.7. The van der Waals surface area contributed by atoms with Crippen LogP contribution >= 0.6 is 58.0 Å². The van der Waals surface area contributed by atoms with Gasteiger partial charge in [0.15, 0.2) is 5.75 Å². The highest BCUT2D eigenvalue weighted by Gasteiger charge is 2.39. The third kappa shape index (κ3) is 7.45. The third-order valence-corrected chi connectivity index (χ3v) is 6.60. The monoisotopic (exact) mass is 581 g/mol. The maximum Gasteiger partial charge on any atom is 0.412 e. The molecule has 1 atom stereocenters. The summed E-state index contributed by atoms with van der Waals surface area (Å²) < 4.78 is 46.3. The van der Waals surface area contributed by atoms with Crippen LogP contribution in [-0.2, 0) is 6.54 Å². The second-order valence-corrected chi connectivity index (χ2v) is 9.21. The average molecular weight is 584 g/mol. The molecular weight excluding hydrogens is 569 g/mol. The van der Waals surface area contributed by atoms with Gasteiger partial charge in [-0.25, -0.2) is 4.79 Å². The van der Waals surface area contributed by atoms with Crippen molar-refractivity contribution < 1.29 is 22.7 Å². The summed E-state index contributed by atoms with van der Waals surface area (Å²) in [4.78, 5) is 12.0. The predicted molar refractivity (Wildman–Crippen MR) is 135 cm³/mol. The van der Waals surface area contributed by atoms with Crippen molar-refractivity contribution in [1.82, 2.24) is 5.32 Å². The van der Waals surface area contributed by atoms with E-state index in [4.69, 9.17) is 62.7 Å². The summed E-state index contributed by atoms with van der Waals surface area (Å²) in [7, 11) is 0. The zero-order valence-electron chi connectivity index (χ0n) is 17.5. The van der Waals surface area contributed by atoms with Gasteiger partial charge in [-0.1, -0.05) is 94.4 Å². The fraction of sp³-hybridized carbons (Fsp3) is 0.125. The second kappa shape index (κ2) is 11.8. The highest BCUT2D eigenvalue weighted by atomic mass is 35.5. The Morgan fingerprint density at radius 2 is 1.57 bits per heavy atom. The van der Waals surface area contributed by atoms with Crippen LogP contribution in [0.1, 0.15) is 22.6 Å². The number of carbonyl (C=O) groups excluding carboxylic acids is 1. The molecule has 1 unspecified atom stereocenters. The van der Waals surface area contributed by atoms with Gasteiger partial charge in [0, 0.05) is 11.6 Å². The number of rotatable bonds is 6. The topological polar surface area (TPSA) is 38.3 Å². The van der Waals surface area contributed by atoms with Gasteiger partial charge in [-0.15, -0.1) is 0 Å². The van der Waals surface area contributed by atoms with E-state index in [0.29, 0.717) is 11.1 Å². The Morgan fingerprint density at radius 1 is 0.914 bits per heavy atom. The Bertz CT molecular complexity index is 1240. The van der Waals surface area contributed by atoms with Gasteiger partial charge in [0.25, 0.3) is 0 Å². The summed E-state index contributed by atoms with van der Waals surface area (Å²) in [6.45, 7) is 0.0268. The Balaban J connectivity index is 1.71. The highest BCUT2D eigenvalue weighted by molar-refractivity contribution is 6.48. The molecule has 35 heavy (non-hydrogen) atoms. The van der Waals surface area contributed by atoms with Crippen molar-refractivity contribution in [2.24, 2.45) is 0 Å². The molecule has 11 heteroatoms. The van der Waals surface area contributed by atoms with Crippen molar-refractivity contribution in [2.45, 2.75) is 18.6 Å². The summed E-state index contributed by atoms with van der Waals surface area (Å²) in [6.07, 6.45) is -3.09. The second-order valence-electron chi connectivity index (χ2n) is 7.20. The molecule has 0 aliphatic carbocycles. The van der Waals surface area contributed by atoms with Gasteiger partial charge >= 0.3 is 12.3 Å². The summed E-state index contributed by atoms with van der Waals surface area (Å²) >= 11 is 29.9. The molecule has 184 valence electrons. The number of benzene rings is 3. The Kier molecular flexibility index (Phi) is 9.24. The summed E-state index contributed by atoms with van der Waals surface area (Å²) in [5.41, 5.74) is 0.790. The van der Waals surface area contributed by atoms with Crippen LogP contribution in [-0.4, -0.2) is 12.3 Å². The van der Waals surface area contributed by atoms with Crippen molar-refractivity contribution in [3.8, 4) is 5.75 Å². The summed E-state index contributed by atoms with van der Waals surface area (Å²) in [5, 5.41) is 2.87. The molecule has 3 nitrogen and oxygen atoms in total. The lowest BCUT2D eigenvalue weighted by Gasteiger charge is -2.18. The van der Waals surface area contributed by atoms with Crippen LogP contribution in [0, 0.1) is 0 Å². The molecule has 0 saturated carbocycles. The van der Waals surface area contributed by atoms with Crippen molar-refractivity contribution in [2.75, 3.05) is 0 Å². The van der Waals surface area contributed by atoms with Crippen LogP contribution in [0.25, 0.3) is 6.08 Å². The van der Waals surface area contributed by atoms with Crippen LogP contribution in [0.4, 0.5) is 18.0 Å². The van der Waals surface area contributed by atoms with Crippen molar-refractivity contribution in [3.63, 3.8) is 0 Å². The van der Waals surface area contributed by atoms with E-state index in [2.05, 4.69) is 5.32 Å². The first kappa shape index (κ1) is 27.5. The number of hydrogen-bond donors (Lipinski definition) is 1. The molecule has 0 bridgehead atoms. The van der Waals surface area contributed by atoms with Crippen molar-refractivity contribution in [3.05, 3.63) is 102 Å². The minimum absolute atomic E-state index is 0.0197. The van der Waals surface area contributed by atoms with Gasteiger partial charge < -0.3 is 10.1 Å². The minimum Gasteiger partial charge on any atom is -0.409 e. The van der Waals surface area contributed by atoms with E-state index in [9.17, 15) is 18.0 Å². The number of halogens is 8. The lowest BCUT2D eigenvalue weighted by molar-refractivity contribution is -0.139. The number of ether oxygens (including phenoxy) is 1. The molecule has 3 aromatic rings. The van der Waals surface area contributed by atoms with E-state index in [1.54, 1.807) is 30.3 Å². The lowest BCUT2D eigenvalue weighted by Crippen LogP contribution is -2.26. The smallest absolute Gasteiger partial charge is 0.409 e. The molecule has 0 radical (unpaired) electrons. The number of carbonyl (C=O) groups is 1. The van der Waals surface area contributed by atoms with Crippen LogP contribution in [0.2, 0.25) is 25.1 Å². The standard InChI is InChI=1S/C24H15Cl5F3NO2/c25-17-3-1-2-4-21(17)35-23(34)33-12-14-7-5-13(9-18(14)26)6-8-16(24(30,31)32)15-10-19(27)22(29)20(28)11-15/h1-11,16H,12H2,(H,33,34). The number of allylic oxidation sites excluding steroid dienone is 1. The summed E-state index contributed by atoms with van der Waals surface area (Å²) in [6, 6.07) is 13.3. The molecule has 1 N–H and O–H groups in total. The molecule has 0 aliphatic heterocycles. The molecular formula is C24H15Cl5F3NO2. The minimum atomic E-state index is -4.60. The molecule has 0 fully saturated rings. The van der Waals surface area contributed by atoms with Crippen LogP contribution < -0.4 is 10.1 Å². The summed E-state index contributed by atoms with van der Waals surface area (Å²) in [5.74, 6) is -1.78.